The number of amides is 5. The summed E-state index contributed by atoms with van der Waals surface area (Å²) in [5.74, 6) is -3.51. The van der Waals surface area contributed by atoms with Crippen LogP contribution in [0.3, 0.4) is 0 Å². The highest BCUT2D eigenvalue weighted by Crippen LogP contribution is 2.34. The molecule has 13 nitrogen and oxygen atoms in total. The first-order chi connectivity index (χ1) is 21.3. The lowest BCUT2D eigenvalue weighted by Gasteiger charge is -2.38. The van der Waals surface area contributed by atoms with Gasteiger partial charge in [-0.2, -0.15) is 0 Å². The van der Waals surface area contributed by atoms with E-state index in [-0.39, 0.29) is 30.4 Å². The normalized spacial score (nSPS) is 24.0. The molecule has 260 valence electrons. The molecule has 2 heterocycles. The Morgan fingerprint density at radius 1 is 0.891 bits per heavy atom. The first-order valence-electron chi connectivity index (χ1n) is 16.6. The van der Waals surface area contributed by atoms with Gasteiger partial charge in [0.1, 0.15) is 24.2 Å². The van der Waals surface area contributed by atoms with E-state index in [0.29, 0.717) is 32.5 Å². The summed E-state index contributed by atoms with van der Waals surface area (Å²) in [6, 6.07) is -4.77. The molecular formula is C33H55N5O8. The zero-order valence-electron chi connectivity index (χ0n) is 28.8. The van der Waals surface area contributed by atoms with Gasteiger partial charge in [-0.1, -0.05) is 74.7 Å². The highest BCUT2D eigenvalue weighted by molar-refractivity contribution is 6.37. The average molecular weight is 650 g/mol. The number of nitrogens with one attached hydrogen (secondary N) is 3. The lowest BCUT2D eigenvalue weighted by atomic mass is 9.80. The first kappa shape index (κ1) is 37.2. The number of ether oxygens (including phenoxy) is 2. The van der Waals surface area contributed by atoms with Crippen LogP contribution in [0, 0.1) is 28.6 Å². The molecule has 3 unspecified atom stereocenters. The van der Waals surface area contributed by atoms with Crippen LogP contribution in [0.5, 0.6) is 0 Å². The van der Waals surface area contributed by atoms with Crippen molar-refractivity contribution in [1.82, 2.24) is 20.9 Å². The molecule has 1 aliphatic carbocycles. The van der Waals surface area contributed by atoms with Gasteiger partial charge in [0.25, 0.3) is 5.91 Å². The number of hydrogen-bond acceptors (Lipinski definition) is 8. The van der Waals surface area contributed by atoms with Crippen LogP contribution in [-0.2, 0) is 33.4 Å². The second kappa shape index (κ2) is 15.1. The Morgan fingerprint density at radius 2 is 1.50 bits per heavy atom. The Labute approximate surface area is 272 Å². The third-order valence-corrected chi connectivity index (χ3v) is 9.46. The van der Waals surface area contributed by atoms with Gasteiger partial charge in [-0.25, -0.2) is 9.59 Å². The fraction of sp³-hybridized carbons (Fsp3) is 0.818. The third kappa shape index (κ3) is 9.42. The van der Waals surface area contributed by atoms with Crippen LogP contribution in [-0.4, -0.2) is 90.4 Å². The summed E-state index contributed by atoms with van der Waals surface area (Å²) in [6.07, 6.45) is 3.90. The van der Waals surface area contributed by atoms with Crippen molar-refractivity contribution < 1.29 is 38.2 Å². The monoisotopic (exact) mass is 649 g/mol. The van der Waals surface area contributed by atoms with Gasteiger partial charge in [0.05, 0.1) is 19.3 Å². The largest absolute Gasteiger partial charge is 0.458 e. The van der Waals surface area contributed by atoms with Crippen LogP contribution >= 0.6 is 0 Å². The predicted octanol–water partition coefficient (Wildman–Crippen LogP) is 2.05. The summed E-state index contributed by atoms with van der Waals surface area (Å²) in [4.78, 5) is 80.7. The van der Waals surface area contributed by atoms with Crippen molar-refractivity contribution in [3.63, 3.8) is 0 Å². The molecule has 1 saturated carbocycles. The molecule has 0 spiro atoms. The predicted molar refractivity (Wildman–Crippen MR) is 170 cm³/mol. The molecule has 5 amide bonds. The average Bonchev–Trinajstić information content (AvgIpc) is 3.59. The standard InChI is InChI=1S/C33H55N5O8/c1-18(2)21-12-14-38(23(21)28(41)35-22(24(39)27(34)40)16-19-10-9-11-19)29(42)25(32(3,4)5)36-31(44)37-26(33(6,7)8)30(43)46-20-13-15-45-17-20/h18-23,25-26H,9-17H2,1-8H3,(H2,34,40)(H,35,41)(H2,36,37,44)/t20?,21?,22?,23-,25+,26+/m0/s1. The molecule has 6 atom stereocenters. The Morgan fingerprint density at radius 3 is 1.98 bits per heavy atom. The van der Waals surface area contributed by atoms with Crippen molar-refractivity contribution in [3.8, 4) is 0 Å². The van der Waals surface area contributed by atoms with E-state index in [1.54, 1.807) is 41.5 Å². The smallest absolute Gasteiger partial charge is 0.329 e. The SMILES string of the molecule is CC(C)C1CCN(C(=O)[C@@H](NC(=O)N[C@H](C(=O)OC2CCOC2)C(C)(C)C)C(C)(C)C)[C@@H]1C(=O)NC(CC1CCC1)C(=O)C(N)=O. The highest BCUT2D eigenvalue weighted by Gasteiger charge is 2.48. The number of carbonyl (C=O) groups is 6. The van der Waals surface area contributed by atoms with E-state index in [1.165, 1.54) is 4.90 Å². The van der Waals surface area contributed by atoms with Crippen LogP contribution in [0.25, 0.3) is 0 Å². The molecular weight excluding hydrogens is 594 g/mol. The van der Waals surface area contributed by atoms with Crippen molar-refractivity contribution in [1.29, 1.82) is 0 Å². The summed E-state index contributed by atoms with van der Waals surface area (Å²) in [5.41, 5.74) is 3.84. The van der Waals surface area contributed by atoms with Crippen LogP contribution in [0.4, 0.5) is 4.79 Å². The maximum atomic E-state index is 14.3. The lowest BCUT2D eigenvalue weighted by Crippen LogP contribution is -2.62. The summed E-state index contributed by atoms with van der Waals surface area (Å²) in [7, 11) is 0. The molecule has 0 aromatic heterocycles. The molecule has 2 saturated heterocycles. The van der Waals surface area contributed by atoms with Gasteiger partial charge in [0, 0.05) is 13.0 Å². The van der Waals surface area contributed by atoms with Gasteiger partial charge < -0.3 is 36.1 Å². The number of ketones is 1. The van der Waals surface area contributed by atoms with Crippen LogP contribution < -0.4 is 21.7 Å². The number of rotatable bonds is 12. The maximum Gasteiger partial charge on any atom is 0.329 e. The lowest BCUT2D eigenvalue weighted by molar-refractivity contribution is -0.154. The third-order valence-electron chi connectivity index (χ3n) is 9.46. The summed E-state index contributed by atoms with van der Waals surface area (Å²) < 4.78 is 10.9. The minimum absolute atomic E-state index is 0.0265. The van der Waals surface area contributed by atoms with Crippen molar-refractivity contribution in [2.45, 2.75) is 124 Å². The first-order valence-corrected chi connectivity index (χ1v) is 16.6. The molecule has 3 aliphatic rings. The van der Waals surface area contributed by atoms with Crippen molar-refractivity contribution in [2.75, 3.05) is 19.8 Å². The van der Waals surface area contributed by atoms with Gasteiger partial charge in [-0.05, 0) is 41.4 Å². The molecule has 13 heteroatoms. The Hall–Kier alpha value is -3.22. The fourth-order valence-electron chi connectivity index (χ4n) is 6.41. The number of nitrogens with zero attached hydrogens (tertiary/aromatic N) is 1. The number of urea groups is 1. The van der Waals surface area contributed by atoms with Gasteiger partial charge >= 0.3 is 12.0 Å². The van der Waals surface area contributed by atoms with Crippen LogP contribution in [0.1, 0.15) is 93.9 Å². The van der Waals surface area contributed by atoms with E-state index >= 15 is 0 Å². The molecule has 0 radical (unpaired) electrons. The van der Waals surface area contributed by atoms with E-state index in [4.69, 9.17) is 15.2 Å². The minimum Gasteiger partial charge on any atom is -0.458 e. The van der Waals surface area contributed by atoms with Gasteiger partial charge in [-0.15, -0.1) is 0 Å². The van der Waals surface area contributed by atoms with E-state index in [2.05, 4.69) is 16.0 Å². The van der Waals surface area contributed by atoms with Gasteiger partial charge in [-0.3, -0.25) is 19.2 Å². The van der Waals surface area contributed by atoms with Gasteiger partial charge in [0.15, 0.2) is 0 Å². The summed E-state index contributed by atoms with van der Waals surface area (Å²) in [6.45, 7) is 15.8. The van der Waals surface area contributed by atoms with E-state index in [1.807, 2.05) is 13.8 Å². The quantitative estimate of drug-likeness (QED) is 0.183. The van der Waals surface area contributed by atoms with Gasteiger partial charge in [0.2, 0.25) is 17.6 Å². The minimum atomic E-state index is -1.11. The van der Waals surface area contributed by atoms with E-state index < -0.39 is 70.5 Å². The second-order valence-electron chi connectivity index (χ2n) is 15.6. The van der Waals surface area contributed by atoms with E-state index in [9.17, 15) is 28.8 Å². The van der Waals surface area contributed by atoms with Crippen molar-refractivity contribution in [3.05, 3.63) is 0 Å². The topological polar surface area (TPSA) is 186 Å². The molecule has 0 aromatic rings. The molecule has 46 heavy (non-hydrogen) atoms. The summed E-state index contributed by atoms with van der Waals surface area (Å²) >= 11 is 0. The molecule has 0 aromatic carbocycles. The zero-order chi connectivity index (χ0) is 34.6. The molecule has 2 aliphatic heterocycles. The number of Topliss-reactive ketones (excluding diaryl/α,β-unsaturated/α-hetero) is 1. The van der Waals surface area contributed by atoms with Crippen molar-refractivity contribution >= 4 is 35.5 Å². The van der Waals surface area contributed by atoms with Crippen LogP contribution in [0.15, 0.2) is 0 Å². The number of likely N-dealkylation sites (tertiary alicyclic amines) is 1. The maximum absolute atomic E-state index is 14.3. The zero-order valence-corrected chi connectivity index (χ0v) is 28.8. The molecule has 3 rings (SSSR count). The second-order valence-corrected chi connectivity index (χ2v) is 15.6. The Bertz CT molecular complexity index is 1150. The molecule has 3 fully saturated rings. The highest BCUT2D eigenvalue weighted by atomic mass is 16.6. The number of carbonyl (C=O) groups excluding carboxylic acids is 6. The van der Waals surface area contributed by atoms with E-state index in [0.717, 1.165) is 19.3 Å². The molecule has 0 bridgehead atoms. The van der Waals surface area contributed by atoms with Crippen LogP contribution in [0.2, 0.25) is 0 Å². The number of esters is 1. The molecule has 5 N–H and O–H groups in total. The summed E-state index contributed by atoms with van der Waals surface area (Å²) in [5, 5.41) is 8.27. The number of nitrogens with two attached hydrogens (primary N) is 1. The Kier molecular flexibility index (Phi) is 12.2. The Balaban J connectivity index is 1.81. The number of hydrogen-bond donors (Lipinski definition) is 4. The fourth-order valence-corrected chi connectivity index (χ4v) is 6.41. The van der Waals surface area contributed by atoms with Crippen molar-refractivity contribution in [2.24, 2.45) is 34.3 Å². The number of primary amides is 1.